The van der Waals surface area contributed by atoms with Crippen LogP contribution >= 0.6 is 0 Å². The van der Waals surface area contributed by atoms with E-state index in [1.54, 1.807) is 0 Å². The van der Waals surface area contributed by atoms with Gasteiger partial charge in [0.2, 0.25) is 11.8 Å². The molecule has 8 nitrogen and oxygen atoms in total. The van der Waals surface area contributed by atoms with Gasteiger partial charge in [-0.05, 0) is 19.8 Å². The topological polar surface area (TPSA) is 121 Å². The van der Waals surface area contributed by atoms with Crippen molar-refractivity contribution < 1.29 is 27.9 Å². The van der Waals surface area contributed by atoms with Crippen LogP contribution in [0, 0.1) is 5.41 Å². The molecule has 1 aliphatic carbocycles. The predicted octanol–water partition coefficient (Wildman–Crippen LogP) is -0.607. The second-order valence-electron chi connectivity index (χ2n) is 6.38. The van der Waals surface area contributed by atoms with Crippen molar-refractivity contribution in [2.45, 2.75) is 38.6 Å². The molecule has 9 heteroatoms. The third-order valence-electron chi connectivity index (χ3n) is 4.67. The number of hydrogen-bond donors (Lipinski definition) is 2. The Morgan fingerprint density at radius 3 is 2.22 bits per heavy atom. The fourth-order valence-corrected chi connectivity index (χ4v) is 4.14. The van der Waals surface area contributed by atoms with Gasteiger partial charge in [0.15, 0.2) is 9.84 Å². The lowest BCUT2D eigenvalue weighted by molar-refractivity contribution is -0.157. The smallest absolute Gasteiger partial charge is 0.310 e. The van der Waals surface area contributed by atoms with Crippen LogP contribution in [-0.2, 0) is 24.2 Å². The first-order chi connectivity index (χ1) is 10.7. The molecule has 1 saturated heterocycles. The van der Waals surface area contributed by atoms with Gasteiger partial charge in [-0.1, -0.05) is 6.42 Å². The summed E-state index contributed by atoms with van der Waals surface area (Å²) in [5.74, 6) is -1.91. The Balaban J connectivity index is 1.86. The molecule has 2 amide bonds. The van der Waals surface area contributed by atoms with Crippen LogP contribution in [0.15, 0.2) is 0 Å². The van der Waals surface area contributed by atoms with Gasteiger partial charge in [0, 0.05) is 19.5 Å². The number of rotatable bonds is 5. The molecule has 1 aliphatic heterocycles. The Bertz CT molecular complexity index is 597. The SMILES string of the molecule is CC(NC(=O)CC1(C(=O)O)CCC1)C(=O)N1CCS(=O)(=O)CC1. The van der Waals surface area contributed by atoms with Gasteiger partial charge in [0.25, 0.3) is 0 Å². The molecule has 2 aliphatic rings. The summed E-state index contributed by atoms with van der Waals surface area (Å²) in [7, 11) is -3.07. The zero-order valence-corrected chi connectivity index (χ0v) is 13.9. The normalized spacial score (nSPS) is 23.4. The second kappa shape index (κ2) is 6.46. The summed E-state index contributed by atoms with van der Waals surface area (Å²) in [6.07, 6.45) is 1.61. The molecule has 130 valence electrons. The van der Waals surface area contributed by atoms with E-state index >= 15 is 0 Å². The number of carboxylic acids is 1. The van der Waals surface area contributed by atoms with E-state index in [0.717, 1.165) is 6.42 Å². The monoisotopic (exact) mass is 346 g/mol. The number of carbonyl (C=O) groups is 3. The molecule has 1 heterocycles. The summed E-state index contributed by atoms with van der Waals surface area (Å²) in [4.78, 5) is 36.9. The third kappa shape index (κ3) is 4.01. The van der Waals surface area contributed by atoms with Gasteiger partial charge in [-0.2, -0.15) is 0 Å². The first-order valence-corrected chi connectivity index (χ1v) is 9.49. The molecule has 2 fully saturated rings. The molecule has 1 saturated carbocycles. The highest BCUT2D eigenvalue weighted by atomic mass is 32.2. The first kappa shape index (κ1) is 17.7. The summed E-state index contributed by atoms with van der Waals surface area (Å²) >= 11 is 0. The van der Waals surface area contributed by atoms with E-state index in [4.69, 9.17) is 0 Å². The van der Waals surface area contributed by atoms with Gasteiger partial charge in [0.1, 0.15) is 6.04 Å². The summed E-state index contributed by atoms with van der Waals surface area (Å²) in [6, 6.07) is -0.797. The van der Waals surface area contributed by atoms with Crippen LogP contribution < -0.4 is 5.32 Å². The van der Waals surface area contributed by atoms with Gasteiger partial charge < -0.3 is 15.3 Å². The molecule has 1 atom stereocenters. The van der Waals surface area contributed by atoms with Crippen LogP contribution in [0.5, 0.6) is 0 Å². The van der Waals surface area contributed by atoms with Crippen molar-refractivity contribution >= 4 is 27.6 Å². The highest BCUT2D eigenvalue weighted by molar-refractivity contribution is 7.91. The summed E-state index contributed by atoms with van der Waals surface area (Å²) < 4.78 is 22.7. The average molecular weight is 346 g/mol. The quantitative estimate of drug-likeness (QED) is 0.685. The summed E-state index contributed by atoms with van der Waals surface area (Å²) in [5, 5.41) is 11.8. The lowest BCUT2D eigenvalue weighted by Crippen LogP contribution is -2.52. The van der Waals surface area contributed by atoms with Gasteiger partial charge >= 0.3 is 5.97 Å². The van der Waals surface area contributed by atoms with E-state index in [9.17, 15) is 27.9 Å². The molecule has 1 unspecified atom stereocenters. The molecule has 2 rings (SSSR count). The standard InChI is InChI=1S/C14H22N2O6S/c1-10(12(18)16-5-7-23(21,22)8-6-16)15-11(17)9-14(13(19)20)3-2-4-14/h10H,2-9H2,1H3,(H,15,17)(H,19,20). The summed E-state index contributed by atoms with van der Waals surface area (Å²) in [5.41, 5.74) is -0.994. The average Bonchev–Trinajstić information content (AvgIpc) is 2.41. The highest BCUT2D eigenvalue weighted by Gasteiger charge is 2.46. The fraction of sp³-hybridized carbons (Fsp3) is 0.786. The number of nitrogens with one attached hydrogen (secondary N) is 1. The summed E-state index contributed by atoms with van der Waals surface area (Å²) in [6.45, 7) is 1.78. The van der Waals surface area contributed by atoms with Crippen LogP contribution in [0.25, 0.3) is 0 Å². The molecule has 0 aromatic carbocycles. The first-order valence-electron chi connectivity index (χ1n) is 7.67. The van der Waals surface area contributed by atoms with Gasteiger partial charge in [-0.3, -0.25) is 14.4 Å². The van der Waals surface area contributed by atoms with Gasteiger partial charge in [-0.15, -0.1) is 0 Å². The zero-order chi connectivity index (χ0) is 17.3. The van der Waals surface area contributed by atoms with Gasteiger partial charge in [0.05, 0.1) is 16.9 Å². The van der Waals surface area contributed by atoms with Crippen LogP contribution in [-0.4, -0.2) is 66.8 Å². The Morgan fingerprint density at radius 2 is 1.78 bits per heavy atom. The number of carboxylic acid groups (broad SMARTS) is 1. The van der Waals surface area contributed by atoms with Crippen LogP contribution in [0.2, 0.25) is 0 Å². The maximum Gasteiger partial charge on any atom is 0.310 e. The lowest BCUT2D eigenvalue weighted by Gasteiger charge is -2.37. The Hall–Kier alpha value is -1.64. The third-order valence-corrected chi connectivity index (χ3v) is 6.28. The molecule has 0 aromatic rings. The minimum Gasteiger partial charge on any atom is -0.481 e. The van der Waals surface area contributed by atoms with E-state index in [2.05, 4.69) is 5.32 Å². The van der Waals surface area contributed by atoms with E-state index in [1.807, 2.05) is 0 Å². The van der Waals surface area contributed by atoms with E-state index in [0.29, 0.717) is 12.8 Å². The Morgan fingerprint density at radius 1 is 1.22 bits per heavy atom. The molecule has 0 bridgehead atoms. The second-order valence-corrected chi connectivity index (χ2v) is 8.69. The molecule has 2 N–H and O–H groups in total. The molecule has 0 radical (unpaired) electrons. The largest absolute Gasteiger partial charge is 0.481 e. The molecule has 23 heavy (non-hydrogen) atoms. The number of carbonyl (C=O) groups excluding carboxylic acids is 2. The highest BCUT2D eigenvalue weighted by Crippen LogP contribution is 2.44. The van der Waals surface area contributed by atoms with E-state index < -0.39 is 33.2 Å². The molecular formula is C14H22N2O6S. The number of nitrogens with zero attached hydrogens (tertiary/aromatic N) is 1. The fourth-order valence-electron chi connectivity index (χ4n) is 2.94. The van der Waals surface area contributed by atoms with Crippen molar-refractivity contribution in [2.75, 3.05) is 24.6 Å². The van der Waals surface area contributed by atoms with E-state index in [1.165, 1.54) is 11.8 Å². The zero-order valence-electron chi connectivity index (χ0n) is 13.1. The number of sulfone groups is 1. The Kier molecular flexibility index (Phi) is 4.98. The van der Waals surface area contributed by atoms with Crippen molar-refractivity contribution in [3.05, 3.63) is 0 Å². The number of aliphatic carboxylic acids is 1. The van der Waals surface area contributed by atoms with Crippen LogP contribution in [0.1, 0.15) is 32.6 Å². The number of amides is 2. The lowest BCUT2D eigenvalue weighted by atomic mass is 9.66. The maximum absolute atomic E-state index is 12.2. The molecule has 0 aromatic heterocycles. The van der Waals surface area contributed by atoms with Crippen molar-refractivity contribution in [1.82, 2.24) is 10.2 Å². The molecular weight excluding hydrogens is 324 g/mol. The maximum atomic E-state index is 12.2. The van der Waals surface area contributed by atoms with Crippen LogP contribution in [0.4, 0.5) is 0 Å². The van der Waals surface area contributed by atoms with Gasteiger partial charge in [-0.25, -0.2) is 8.42 Å². The van der Waals surface area contributed by atoms with Crippen molar-refractivity contribution in [1.29, 1.82) is 0 Å². The van der Waals surface area contributed by atoms with E-state index in [-0.39, 0.29) is 36.9 Å². The van der Waals surface area contributed by atoms with Crippen molar-refractivity contribution in [2.24, 2.45) is 5.41 Å². The minimum atomic E-state index is -3.07. The molecule has 0 spiro atoms. The predicted molar refractivity (Wildman–Crippen MR) is 81.4 cm³/mol. The minimum absolute atomic E-state index is 0.0679. The van der Waals surface area contributed by atoms with Crippen molar-refractivity contribution in [3.8, 4) is 0 Å². The number of hydrogen-bond acceptors (Lipinski definition) is 5. The van der Waals surface area contributed by atoms with Crippen molar-refractivity contribution in [3.63, 3.8) is 0 Å². The Labute approximate surface area is 135 Å². The van der Waals surface area contributed by atoms with Crippen LogP contribution in [0.3, 0.4) is 0 Å².